The van der Waals surface area contributed by atoms with Crippen molar-refractivity contribution in [2.75, 3.05) is 0 Å². The average molecular weight is 341 g/mol. The van der Waals surface area contributed by atoms with E-state index < -0.39 is 0 Å². The van der Waals surface area contributed by atoms with E-state index in [0.29, 0.717) is 17.8 Å². The van der Waals surface area contributed by atoms with Gasteiger partial charge in [-0.2, -0.15) is 0 Å². The fourth-order valence-electron chi connectivity index (χ4n) is 2.86. The molecule has 0 saturated carbocycles. The summed E-state index contributed by atoms with van der Waals surface area (Å²) in [6.07, 6.45) is 0. The number of fused-ring (bicyclic) bond motifs is 1. The molecule has 1 heterocycles. The van der Waals surface area contributed by atoms with Gasteiger partial charge in [-0.15, -0.1) is 0 Å². The molecule has 2 aromatic carbocycles. The Bertz CT molecular complexity index is 967. The number of aryl methyl sites for hydroxylation is 1. The Hall–Kier alpha value is -2.40. The number of aliphatic hydroxyl groups excluding tert-OH is 1. The first-order chi connectivity index (χ1) is 11.5. The van der Waals surface area contributed by atoms with Crippen molar-refractivity contribution in [1.82, 2.24) is 3.96 Å². The fraction of sp³-hybridized carbons (Fsp3) is 0.263. The maximum absolute atomic E-state index is 12.4. The van der Waals surface area contributed by atoms with Crippen molar-refractivity contribution in [3.8, 4) is 0 Å². The molecule has 0 bridgehead atoms. The zero-order valence-corrected chi connectivity index (χ0v) is 14.9. The van der Waals surface area contributed by atoms with E-state index >= 15 is 0 Å². The highest BCUT2D eigenvalue weighted by atomic mass is 32.1. The Morgan fingerprint density at radius 3 is 2.67 bits per heavy atom. The molecule has 0 aliphatic rings. The number of hydrogen-bond acceptors (Lipinski definition) is 2. The Labute approximate surface area is 144 Å². The van der Waals surface area contributed by atoms with Crippen LogP contribution in [0.25, 0.3) is 10.1 Å². The molecule has 3 aromatic rings. The van der Waals surface area contributed by atoms with Crippen LogP contribution >= 0.6 is 11.5 Å². The molecule has 124 valence electrons. The normalized spacial score (nSPS) is 12.2. The minimum absolute atomic E-state index is 0.126. The van der Waals surface area contributed by atoms with Gasteiger partial charge in [-0.1, -0.05) is 48.1 Å². The summed E-state index contributed by atoms with van der Waals surface area (Å²) >= 11 is 1.24. The molecule has 0 radical (unpaired) electrons. The van der Waals surface area contributed by atoms with E-state index in [9.17, 15) is 9.90 Å². The number of hydrogen-bond donors (Lipinski definition) is 2. The van der Waals surface area contributed by atoms with Gasteiger partial charge in [0.25, 0.3) is 0 Å². The molecule has 0 atom stereocenters. The van der Waals surface area contributed by atoms with Crippen LogP contribution in [0.3, 0.4) is 0 Å². The van der Waals surface area contributed by atoms with E-state index in [1.165, 1.54) is 26.6 Å². The maximum Gasteiger partial charge on any atom is 0.466 e. The quantitative estimate of drug-likeness (QED) is 0.568. The van der Waals surface area contributed by atoms with E-state index in [-0.39, 0.29) is 11.6 Å². The average Bonchev–Trinajstić information content (AvgIpc) is 2.90. The monoisotopic (exact) mass is 341 g/mol. The van der Waals surface area contributed by atoms with E-state index in [1.807, 2.05) is 24.3 Å². The lowest BCUT2D eigenvalue weighted by molar-refractivity contribution is -0.486. The second kappa shape index (κ2) is 6.61. The lowest BCUT2D eigenvalue weighted by atomic mass is 9.94. The number of rotatable bonds is 3. The van der Waals surface area contributed by atoms with Gasteiger partial charge in [0, 0.05) is 0 Å². The summed E-state index contributed by atoms with van der Waals surface area (Å²) in [5, 5.41) is 11.0. The van der Waals surface area contributed by atoms with Crippen LogP contribution in [0.1, 0.15) is 36.5 Å². The first-order valence-corrected chi connectivity index (χ1v) is 8.76. The molecule has 0 aliphatic heterocycles. The molecular weight excluding hydrogens is 320 g/mol. The van der Waals surface area contributed by atoms with E-state index in [4.69, 9.17) is 0 Å². The predicted octanol–water partition coefficient (Wildman–Crippen LogP) is 2.54. The predicted molar refractivity (Wildman–Crippen MR) is 99.1 cm³/mol. The van der Waals surface area contributed by atoms with E-state index in [0.717, 1.165) is 10.3 Å². The fourth-order valence-corrected chi connectivity index (χ4v) is 3.78. The van der Waals surface area contributed by atoms with Gasteiger partial charge in [0.05, 0.1) is 21.6 Å². The summed E-state index contributed by atoms with van der Waals surface area (Å²) in [4.78, 5) is 15.4. The van der Waals surface area contributed by atoms with Gasteiger partial charge >= 0.3 is 11.6 Å². The van der Waals surface area contributed by atoms with Crippen LogP contribution in [-0.4, -0.2) is 15.1 Å². The van der Waals surface area contributed by atoms with Gasteiger partial charge in [-0.3, -0.25) is 0 Å². The molecule has 4 nitrogen and oxygen atoms in total. The van der Waals surface area contributed by atoms with Gasteiger partial charge < -0.3 is 5.11 Å². The van der Waals surface area contributed by atoms with Crippen LogP contribution < -0.4 is 10.6 Å². The molecule has 24 heavy (non-hydrogen) atoms. The highest BCUT2D eigenvalue weighted by Gasteiger charge is 2.19. The standard InChI is InChI=1S/C19H20N2O2S/c1-12(2)14-9-6-7-13(3)16(14)11-20-19(23)21-18(22)15-8-4-5-10-17(15)24-21/h4-10,12H,11H2,1-3H3,(H,20,23)/p+1. The van der Waals surface area contributed by atoms with Gasteiger partial charge in [0.1, 0.15) is 6.54 Å². The van der Waals surface area contributed by atoms with Gasteiger partial charge in [-0.05, 0) is 41.7 Å². The first-order valence-electron chi connectivity index (χ1n) is 7.98. The minimum atomic E-state index is -0.200. The molecule has 0 aliphatic carbocycles. The Kier molecular flexibility index (Phi) is 4.53. The Morgan fingerprint density at radius 1 is 1.21 bits per heavy atom. The molecule has 0 saturated heterocycles. The van der Waals surface area contributed by atoms with Crippen molar-refractivity contribution in [2.24, 2.45) is 0 Å². The number of nitrogens with one attached hydrogen (secondary N) is 1. The lowest BCUT2D eigenvalue weighted by Crippen LogP contribution is -2.73. The van der Waals surface area contributed by atoms with Gasteiger partial charge in [0.15, 0.2) is 0 Å². The molecule has 1 aromatic heterocycles. The van der Waals surface area contributed by atoms with Crippen molar-refractivity contribution in [2.45, 2.75) is 33.2 Å². The third-order valence-corrected chi connectivity index (χ3v) is 5.25. The number of nitrogens with zero attached hydrogens (tertiary/aromatic N) is 1. The minimum Gasteiger partial charge on any atom is -0.446 e. The summed E-state index contributed by atoms with van der Waals surface area (Å²) in [7, 11) is 0. The molecule has 0 spiro atoms. The smallest absolute Gasteiger partial charge is 0.446 e. The van der Waals surface area contributed by atoms with Crippen LogP contribution in [0, 0.1) is 6.92 Å². The first kappa shape index (κ1) is 16.5. The Morgan fingerprint density at radius 2 is 1.96 bits per heavy atom. The topological polar surface area (TPSA) is 56.2 Å². The van der Waals surface area contributed by atoms with Crippen molar-refractivity contribution in [1.29, 1.82) is 0 Å². The molecule has 3 rings (SSSR count). The summed E-state index contributed by atoms with van der Waals surface area (Å²) in [5.41, 5.74) is 3.38. The molecule has 0 amide bonds. The van der Waals surface area contributed by atoms with Crippen molar-refractivity contribution >= 4 is 27.6 Å². The third-order valence-electron chi connectivity index (χ3n) is 4.18. The molecule has 0 unspecified atom stereocenters. The Balaban J connectivity index is 1.98. The van der Waals surface area contributed by atoms with Crippen molar-refractivity contribution in [3.63, 3.8) is 0 Å². The summed E-state index contributed by atoms with van der Waals surface area (Å²) in [6.45, 7) is 6.84. The van der Waals surface area contributed by atoms with Crippen LogP contribution in [0.2, 0.25) is 0 Å². The van der Waals surface area contributed by atoms with E-state index in [2.05, 4.69) is 37.9 Å². The lowest BCUT2D eigenvalue weighted by Gasteiger charge is -2.12. The molecule has 2 N–H and O–H groups in total. The zero-order valence-electron chi connectivity index (χ0n) is 14.0. The maximum atomic E-state index is 12.4. The van der Waals surface area contributed by atoms with Crippen molar-refractivity contribution in [3.05, 3.63) is 69.5 Å². The third kappa shape index (κ3) is 2.99. The van der Waals surface area contributed by atoms with Gasteiger partial charge in [-0.25, -0.2) is 9.79 Å². The number of aliphatic hydroxyl groups is 1. The van der Waals surface area contributed by atoms with Crippen LogP contribution in [-0.2, 0) is 6.54 Å². The second-order valence-electron chi connectivity index (χ2n) is 6.16. The largest absolute Gasteiger partial charge is 0.466 e. The molecule has 0 fully saturated rings. The summed E-state index contributed by atoms with van der Waals surface area (Å²) in [6, 6.07) is 13.5. The summed E-state index contributed by atoms with van der Waals surface area (Å²) < 4.78 is 2.16. The zero-order chi connectivity index (χ0) is 17.3. The second-order valence-corrected chi connectivity index (χ2v) is 7.15. The molecule has 5 heteroatoms. The van der Waals surface area contributed by atoms with Gasteiger partial charge in [0.2, 0.25) is 0 Å². The van der Waals surface area contributed by atoms with Crippen LogP contribution in [0.5, 0.6) is 0 Å². The number of benzene rings is 2. The van der Waals surface area contributed by atoms with Crippen LogP contribution in [0.15, 0.2) is 47.3 Å². The molecular formula is C19H21N2O2S+. The SMILES string of the molecule is Cc1cccc(C(C)C)c1C[NH+]=C(O)n1sc2ccccc2c1=O. The van der Waals surface area contributed by atoms with E-state index in [1.54, 1.807) is 6.07 Å². The number of aromatic nitrogens is 1. The highest BCUT2D eigenvalue weighted by molar-refractivity contribution is 7.14. The van der Waals surface area contributed by atoms with Crippen molar-refractivity contribution < 1.29 is 10.1 Å². The summed E-state index contributed by atoms with van der Waals surface area (Å²) in [5.74, 6) is 0.399. The van der Waals surface area contributed by atoms with Crippen LogP contribution in [0.4, 0.5) is 0 Å². The highest BCUT2D eigenvalue weighted by Crippen LogP contribution is 2.21.